The van der Waals surface area contributed by atoms with Gasteiger partial charge in [0.05, 0.1) is 11.6 Å². The smallest absolute Gasteiger partial charge is 0.239 e. The molecule has 0 bridgehead atoms. The van der Waals surface area contributed by atoms with Crippen molar-refractivity contribution in [2.45, 2.75) is 51.7 Å². The molecule has 0 saturated carbocycles. The molecule has 1 aliphatic rings. The minimum Gasteiger partial charge on any atom is -0.390 e. The van der Waals surface area contributed by atoms with Crippen LogP contribution in [-0.4, -0.2) is 40.6 Å². The first-order chi connectivity index (χ1) is 7.37. The molecule has 0 aromatic rings. The van der Waals surface area contributed by atoms with Crippen molar-refractivity contribution < 1.29 is 9.90 Å². The van der Waals surface area contributed by atoms with Crippen molar-refractivity contribution in [2.24, 2.45) is 11.7 Å². The molecule has 0 spiro atoms. The number of carbonyl (C=O) groups excluding carboxylic acids is 1. The van der Waals surface area contributed by atoms with Crippen LogP contribution in [-0.2, 0) is 4.79 Å². The largest absolute Gasteiger partial charge is 0.390 e. The second kappa shape index (κ2) is 5.15. The first kappa shape index (κ1) is 13.5. The number of aliphatic hydroxyl groups is 1. The summed E-state index contributed by atoms with van der Waals surface area (Å²) in [5.74, 6) is 0.250. The quantitative estimate of drug-likeness (QED) is 0.748. The average molecular weight is 228 g/mol. The molecule has 1 aliphatic heterocycles. The highest BCUT2D eigenvalue weighted by Crippen LogP contribution is 2.22. The molecule has 1 saturated heterocycles. The topological polar surface area (TPSA) is 66.6 Å². The number of carbonyl (C=O) groups is 1. The third-order valence-electron chi connectivity index (χ3n) is 3.69. The molecule has 1 rings (SSSR count). The van der Waals surface area contributed by atoms with E-state index in [4.69, 9.17) is 5.73 Å². The minimum absolute atomic E-state index is 0.0323. The van der Waals surface area contributed by atoms with Gasteiger partial charge in [0.1, 0.15) is 0 Å². The Morgan fingerprint density at radius 2 is 2.00 bits per heavy atom. The van der Waals surface area contributed by atoms with E-state index >= 15 is 0 Å². The van der Waals surface area contributed by atoms with E-state index in [2.05, 4.69) is 0 Å². The molecule has 0 aromatic heterocycles. The van der Waals surface area contributed by atoms with Crippen LogP contribution in [0, 0.1) is 5.92 Å². The fraction of sp³-hybridized carbons (Fsp3) is 0.917. The predicted octanol–water partition coefficient (Wildman–Crippen LogP) is 0.733. The van der Waals surface area contributed by atoms with E-state index in [1.165, 1.54) is 0 Å². The molecular formula is C12H24N2O2. The Morgan fingerprint density at radius 3 is 2.44 bits per heavy atom. The summed E-state index contributed by atoms with van der Waals surface area (Å²) < 4.78 is 0. The molecule has 1 heterocycles. The monoisotopic (exact) mass is 228 g/mol. The summed E-state index contributed by atoms with van der Waals surface area (Å²) in [4.78, 5) is 13.8. The fourth-order valence-corrected chi connectivity index (χ4v) is 1.92. The zero-order chi connectivity index (χ0) is 12.3. The SMILES string of the molecule is CCC(C)[C@H](N)C(=O)N1CCC(C)(O)CC1. The minimum atomic E-state index is -0.614. The van der Waals surface area contributed by atoms with E-state index in [-0.39, 0.29) is 11.8 Å². The maximum atomic E-state index is 12.0. The van der Waals surface area contributed by atoms with Crippen molar-refractivity contribution in [1.29, 1.82) is 0 Å². The number of rotatable bonds is 3. The molecular weight excluding hydrogens is 204 g/mol. The summed E-state index contributed by atoms with van der Waals surface area (Å²) in [7, 11) is 0. The second-order valence-electron chi connectivity index (χ2n) is 5.23. The third kappa shape index (κ3) is 3.19. The van der Waals surface area contributed by atoms with Crippen molar-refractivity contribution in [2.75, 3.05) is 13.1 Å². The van der Waals surface area contributed by atoms with Crippen molar-refractivity contribution >= 4 is 5.91 Å². The normalized spacial score (nSPS) is 23.9. The van der Waals surface area contributed by atoms with Gasteiger partial charge in [-0.3, -0.25) is 4.79 Å². The number of nitrogens with two attached hydrogens (primary N) is 1. The number of hydrogen-bond acceptors (Lipinski definition) is 3. The summed E-state index contributed by atoms with van der Waals surface area (Å²) in [5.41, 5.74) is 5.30. The Morgan fingerprint density at radius 1 is 1.50 bits per heavy atom. The summed E-state index contributed by atoms with van der Waals surface area (Å²) in [6.07, 6.45) is 2.20. The highest BCUT2D eigenvalue weighted by atomic mass is 16.3. The lowest BCUT2D eigenvalue weighted by atomic mass is 9.92. The number of nitrogens with zero attached hydrogens (tertiary/aromatic N) is 1. The van der Waals surface area contributed by atoms with Crippen LogP contribution >= 0.6 is 0 Å². The fourth-order valence-electron chi connectivity index (χ4n) is 1.92. The van der Waals surface area contributed by atoms with E-state index in [1.807, 2.05) is 20.8 Å². The summed E-state index contributed by atoms with van der Waals surface area (Å²) in [6.45, 7) is 7.11. The van der Waals surface area contributed by atoms with E-state index < -0.39 is 11.6 Å². The Bertz CT molecular complexity index is 243. The predicted molar refractivity (Wildman–Crippen MR) is 63.9 cm³/mol. The van der Waals surface area contributed by atoms with Crippen molar-refractivity contribution in [3.63, 3.8) is 0 Å². The zero-order valence-electron chi connectivity index (χ0n) is 10.6. The molecule has 0 radical (unpaired) electrons. The van der Waals surface area contributed by atoms with Crippen LogP contribution in [0.4, 0.5) is 0 Å². The van der Waals surface area contributed by atoms with Crippen LogP contribution in [0.1, 0.15) is 40.0 Å². The standard InChI is InChI=1S/C12H24N2O2/c1-4-9(2)10(13)11(15)14-7-5-12(3,16)6-8-14/h9-10,16H,4-8,13H2,1-3H3/t9?,10-/m0/s1. The van der Waals surface area contributed by atoms with Crippen molar-refractivity contribution in [3.8, 4) is 0 Å². The molecule has 2 atom stereocenters. The zero-order valence-corrected chi connectivity index (χ0v) is 10.6. The first-order valence-corrected chi connectivity index (χ1v) is 6.14. The van der Waals surface area contributed by atoms with Gasteiger partial charge < -0.3 is 15.7 Å². The molecule has 0 aromatic carbocycles. The molecule has 1 fully saturated rings. The number of piperidine rings is 1. The Hall–Kier alpha value is -0.610. The van der Waals surface area contributed by atoms with E-state index in [1.54, 1.807) is 4.90 Å². The van der Waals surface area contributed by atoms with Gasteiger partial charge in [-0.1, -0.05) is 20.3 Å². The number of hydrogen-bond donors (Lipinski definition) is 2. The number of amides is 1. The molecule has 4 heteroatoms. The molecule has 94 valence electrons. The third-order valence-corrected chi connectivity index (χ3v) is 3.69. The Labute approximate surface area is 97.8 Å². The average Bonchev–Trinajstić information content (AvgIpc) is 2.26. The van der Waals surface area contributed by atoms with Gasteiger partial charge >= 0.3 is 0 Å². The van der Waals surface area contributed by atoms with E-state index in [0.29, 0.717) is 25.9 Å². The van der Waals surface area contributed by atoms with Gasteiger partial charge in [0.25, 0.3) is 0 Å². The summed E-state index contributed by atoms with van der Waals surface area (Å²) >= 11 is 0. The van der Waals surface area contributed by atoms with Crippen molar-refractivity contribution in [1.82, 2.24) is 4.90 Å². The molecule has 1 unspecified atom stereocenters. The van der Waals surface area contributed by atoms with Crippen LogP contribution in [0.15, 0.2) is 0 Å². The molecule has 16 heavy (non-hydrogen) atoms. The highest BCUT2D eigenvalue weighted by molar-refractivity contribution is 5.82. The molecule has 4 nitrogen and oxygen atoms in total. The van der Waals surface area contributed by atoms with Crippen LogP contribution in [0.25, 0.3) is 0 Å². The van der Waals surface area contributed by atoms with Gasteiger partial charge in [0.15, 0.2) is 0 Å². The Balaban J connectivity index is 2.50. The van der Waals surface area contributed by atoms with Crippen LogP contribution in [0.2, 0.25) is 0 Å². The second-order valence-corrected chi connectivity index (χ2v) is 5.23. The summed E-state index contributed by atoms with van der Waals surface area (Å²) in [5, 5.41) is 9.80. The van der Waals surface area contributed by atoms with E-state index in [9.17, 15) is 9.90 Å². The van der Waals surface area contributed by atoms with Crippen LogP contribution < -0.4 is 5.73 Å². The van der Waals surface area contributed by atoms with Crippen LogP contribution in [0.3, 0.4) is 0 Å². The summed E-state index contributed by atoms with van der Waals surface area (Å²) in [6, 6.07) is -0.395. The van der Waals surface area contributed by atoms with Gasteiger partial charge in [-0.2, -0.15) is 0 Å². The van der Waals surface area contributed by atoms with Gasteiger partial charge in [-0.15, -0.1) is 0 Å². The maximum Gasteiger partial charge on any atom is 0.239 e. The van der Waals surface area contributed by atoms with Gasteiger partial charge in [0, 0.05) is 13.1 Å². The number of likely N-dealkylation sites (tertiary alicyclic amines) is 1. The lowest BCUT2D eigenvalue weighted by Gasteiger charge is -2.37. The highest BCUT2D eigenvalue weighted by Gasteiger charge is 2.32. The van der Waals surface area contributed by atoms with Crippen molar-refractivity contribution in [3.05, 3.63) is 0 Å². The van der Waals surface area contributed by atoms with Crippen LogP contribution in [0.5, 0.6) is 0 Å². The maximum absolute atomic E-state index is 12.0. The van der Waals surface area contributed by atoms with Gasteiger partial charge in [0.2, 0.25) is 5.91 Å². The Kier molecular flexibility index (Phi) is 4.33. The molecule has 3 N–H and O–H groups in total. The van der Waals surface area contributed by atoms with Gasteiger partial charge in [-0.25, -0.2) is 0 Å². The lowest BCUT2D eigenvalue weighted by molar-refractivity contribution is -0.137. The molecule has 1 amide bonds. The lowest BCUT2D eigenvalue weighted by Crippen LogP contribution is -2.52. The van der Waals surface area contributed by atoms with E-state index in [0.717, 1.165) is 6.42 Å². The molecule has 0 aliphatic carbocycles. The first-order valence-electron chi connectivity index (χ1n) is 6.14. The van der Waals surface area contributed by atoms with Gasteiger partial charge in [-0.05, 0) is 25.7 Å².